The van der Waals surface area contributed by atoms with Crippen molar-refractivity contribution >= 4 is 11.6 Å². The van der Waals surface area contributed by atoms with Crippen LogP contribution >= 0.6 is 11.6 Å². The number of aromatic nitrogens is 2. The molecule has 0 amide bonds. The molecule has 1 N–H and O–H groups in total. The summed E-state index contributed by atoms with van der Waals surface area (Å²) in [6, 6.07) is 4.36. The first-order chi connectivity index (χ1) is 9.10. The van der Waals surface area contributed by atoms with Crippen LogP contribution in [-0.4, -0.2) is 17.0 Å². The van der Waals surface area contributed by atoms with Crippen molar-refractivity contribution in [3.8, 4) is 0 Å². The van der Waals surface area contributed by atoms with Crippen LogP contribution in [0.1, 0.15) is 23.0 Å². The molecule has 0 fully saturated rings. The highest BCUT2D eigenvalue weighted by molar-refractivity contribution is 6.31. The number of aryl methyl sites for hydroxylation is 1. The van der Waals surface area contributed by atoms with Gasteiger partial charge in [0.15, 0.2) is 0 Å². The number of likely N-dealkylation sites (N-methyl/N-ethyl adjacent to an activating group) is 1. The molecule has 19 heavy (non-hydrogen) atoms. The molecule has 0 radical (unpaired) electrons. The summed E-state index contributed by atoms with van der Waals surface area (Å²) in [7, 11) is 1.84. The molecule has 0 bridgehead atoms. The first-order valence-electron chi connectivity index (χ1n) is 6.00. The molecule has 3 nitrogen and oxygen atoms in total. The Bertz CT molecular complexity index is 557. The second kappa shape index (κ2) is 6.08. The average Bonchev–Trinajstić information content (AvgIpc) is 2.39. The van der Waals surface area contributed by atoms with E-state index in [4.69, 9.17) is 11.6 Å². The number of nitrogens with zero attached hydrogens (tertiary/aromatic N) is 2. The van der Waals surface area contributed by atoms with Crippen molar-refractivity contribution in [2.24, 2.45) is 0 Å². The van der Waals surface area contributed by atoms with Crippen LogP contribution in [0.5, 0.6) is 0 Å². The van der Waals surface area contributed by atoms with Gasteiger partial charge in [-0.15, -0.1) is 0 Å². The Labute approximate surface area is 116 Å². The summed E-state index contributed by atoms with van der Waals surface area (Å²) in [6.07, 6.45) is 4.16. The Balaban J connectivity index is 2.21. The summed E-state index contributed by atoms with van der Waals surface area (Å²) in [5.41, 5.74) is 1.88. The lowest BCUT2D eigenvalue weighted by Gasteiger charge is -2.15. The van der Waals surface area contributed by atoms with E-state index in [2.05, 4.69) is 15.3 Å². The van der Waals surface area contributed by atoms with E-state index in [1.807, 2.05) is 14.0 Å². The van der Waals surface area contributed by atoms with Gasteiger partial charge < -0.3 is 5.32 Å². The molecule has 0 saturated carbocycles. The maximum atomic E-state index is 13.0. The van der Waals surface area contributed by atoms with Crippen LogP contribution in [0, 0.1) is 12.7 Å². The molecule has 100 valence electrons. The lowest BCUT2D eigenvalue weighted by atomic mass is 10.1. The van der Waals surface area contributed by atoms with Gasteiger partial charge in [0.25, 0.3) is 0 Å². The molecule has 2 rings (SSSR count). The molecule has 1 atom stereocenters. The predicted molar refractivity (Wildman–Crippen MR) is 73.7 cm³/mol. The minimum atomic E-state index is -0.332. The van der Waals surface area contributed by atoms with E-state index < -0.39 is 0 Å². The normalized spacial score (nSPS) is 12.4. The summed E-state index contributed by atoms with van der Waals surface area (Å²) < 4.78 is 13.0. The standard InChI is InChI=1S/C14H15ClFN3/c1-9-7-18-14(19-8-9)13(17-2)5-10-3-4-11(16)6-12(10)15/h3-4,6-8,13,17H,5H2,1-2H3. The quantitative estimate of drug-likeness (QED) is 0.935. The van der Waals surface area contributed by atoms with Gasteiger partial charge in [-0.3, -0.25) is 0 Å². The summed E-state index contributed by atoms with van der Waals surface area (Å²) in [5.74, 6) is 0.370. The van der Waals surface area contributed by atoms with Gasteiger partial charge in [0.05, 0.1) is 6.04 Å². The van der Waals surface area contributed by atoms with E-state index in [9.17, 15) is 4.39 Å². The molecule has 0 saturated heterocycles. The second-order valence-corrected chi connectivity index (χ2v) is 4.81. The molecule has 1 heterocycles. The van der Waals surface area contributed by atoms with Crippen LogP contribution in [0.4, 0.5) is 4.39 Å². The summed E-state index contributed by atoms with van der Waals surface area (Å²) in [5, 5.41) is 3.57. The van der Waals surface area contributed by atoms with Gasteiger partial charge in [-0.25, -0.2) is 14.4 Å². The molecule has 1 aromatic heterocycles. The minimum absolute atomic E-state index is 0.0523. The lowest BCUT2D eigenvalue weighted by Crippen LogP contribution is -2.21. The fourth-order valence-electron chi connectivity index (χ4n) is 1.81. The monoisotopic (exact) mass is 279 g/mol. The van der Waals surface area contributed by atoms with E-state index >= 15 is 0 Å². The highest BCUT2D eigenvalue weighted by Crippen LogP contribution is 2.22. The molecule has 2 aromatic rings. The Kier molecular flexibility index (Phi) is 4.45. The number of rotatable bonds is 4. The molecule has 1 aromatic carbocycles. The SMILES string of the molecule is CNC(Cc1ccc(F)cc1Cl)c1ncc(C)cn1. The maximum Gasteiger partial charge on any atom is 0.145 e. The number of benzene rings is 1. The minimum Gasteiger partial charge on any atom is -0.310 e. The zero-order valence-electron chi connectivity index (χ0n) is 10.8. The van der Waals surface area contributed by atoms with Gasteiger partial charge >= 0.3 is 0 Å². The largest absolute Gasteiger partial charge is 0.310 e. The van der Waals surface area contributed by atoms with Gasteiger partial charge in [0.2, 0.25) is 0 Å². The van der Waals surface area contributed by atoms with Crippen LogP contribution < -0.4 is 5.32 Å². The Morgan fingerprint density at radius 3 is 2.58 bits per heavy atom. The fourth-order valence-corrected chi connectivity index (χ4v) is 2.06. The molecule has 0 aliphatic carbocycles. The second-order valence-electron chi connectivity index (χ2n) is 4.40. The summed E-state index contributed by atoms with van der Waals surface area (Å²) in [6.45, 7) is 1.94. The van der Waals surface area contributed by atoms with Crippen molar-refractivity contribution in [1.29, 1.82) is 0 Å². The van der Waals surface area contributed by atoms with Crippen molar-refractivity contribution in [2.75, 3.05) is 7.05 Å². The topological polar surface area (TPSA) is 37.8 Å². The van der Waals surface area contributed by atoms with E-state index in [0.717, 1.165) is 11.1 Å². The number of hydrogen-bond acceptors (Lipinski definition) is 3. The third kappa shape index (κ3) is 3.49. The van der Waals surface area contributed by atoms with Crippen LogP contribution in [0.2, 0.25) is 5.02 Å². The van der Waals surface area contributed by atoms with E-state index in [-0.39, 0.29) is 11.9 Å². The molecular formula is C14H15ClFN3. The first kappa shape index (κ1) is 13.9. The van der Waals surface area contributed by atoms with Crippen molar-refractivity contribution in [2.45, 2.75) is 19.4 Å². The lowest BCUT2D eigenvalue weighted by molar-refractivity contribution is 0.555. The Hall–Kier alpha value is -1.52. The van der Waals surface area contributed by atoms with Crippen LogP contribution in [0.3, 0.4) is 0 Å². The van der Waals surface area contributed by atoms with Crippen LogP contribution in [0.25, 0.3) is 0 Å². The van der Waals surface area contributed by atoms with Gasteiger partial charge in [-0.1, -0.05) is 17.7 Å². The van der Waals surface area contributed by atoms with Crippen molar-refractivity contribution in [1.82, 2.24) is 15.3 Å². The molecule has 0 aliphatic rings. The number of nitrogens with one attached hydrogen (secondary N) is 1. The Morgan fingerprint density at radius 1 is 1.32 bits per heavy atom. The third-order valence-electron chi connectivity index (χ3n) is 2.90. The van der Waals surface area contributed by atoms with Crippen molar-refractivity contribution < 1.29 is 4.39 Å². The predicted octanol–water partition coefficient (Wildman–Crippen LogP) is 3.08. The van der Waals surface area contributed by atoms with Crippen LogP contribution in [-0.2, 0) is 6.42 Å². The number of halogens is 2. The average molecular weight is 280 g/mol. The molecule has 0 aliphatic heterocycles. The smallest absolute Gasteiger partial charge is 0.145 e. The van der Waals surface area contributed by atoms with Gasteiger partial charge in [-0.2, -0.15) is 0 Å². The van der Waals surface area contributed by atoms with E-state index in [1.165, 1.54) is 12.1 Å². The fraction of sp³-hybridized carbons (Fsp3) is 0.286. The maximum absolute atomic E-state index is 13.0. The van der Waals surface area contributed by atoms with Gasteiger partial charge in [0.1, 0.15) is 11.6 Å². The van der Waals surface area contributed by atoms with Gasteiger partial charge in [-0.05, 0) is 43.7 Å². The molecule has 0 spiro atoms. The molecular weight excluding hydrogens is 265 g/mol. The van der Waals surface area contributed by atoms with Crippen molar-refractivity contribution in [3.63, 3.8) is 0 Å². The van der Waals surface area contributed by atoms with Gasteiger partial charge in [0, 0.05) is 17.4 Å². The van der Waals surface area contributed by atoms with Crippen molar-refractivity contribution in [3.05, 3.63) is 58.4 Å². The first-order valence-corrected chi connectivity index (χ1v) is 6.37. The highest BCUT2D eigenvalue weighted by atomic mass is 35.5. The Morgan fingerprint density at radius 2 is 2.00 bits per heavy atom. The molecule has 1 unspecified atom stereocenters. The zero-order valence-corrected chi connectivity index (χ0v) is 11.6. The van der Waals surface area contributed by atoms with E-state index in [1.54, 1.807) is 18.5 Å². The summed E-state index contributed by atoms with van der Waals surface area (Å²) in [4.78, 5) is 8.60. The third-order valence-corrected chi connectivity index (χ3v) is 3.25. The molecule has 5 heteroatoms. The highest BCUT2D eigenvalue weighted by Gasteiger charge is 2.15. The number of hydrogen-bond donors (Lipinski definition) is 1. The summed E-state index contributed by atoms with van der Waals surface area (Å²) >= 11 is 6.03. The zero-order chi connectivity index (χ0) is 13.8. The van der Waals surface area contributed by atoms with E-state index in [0.29, 0.717) is 17.3 Å². The van der Waals surface area contributed by atoms with Crippen LogP contribution in [0.15, 0.2) is 30.6 Å².